The number of halogens is 1. The van der Waals surface area contributed by atoms with Crippen LogP contribution in [0.4, 0.5) is 10.3 Å². The number of H-pyrrole nitrogens is 1. The molecule has 0 spiro atoms. The molecule has 0 aromatic carbocycles. The Balaban J connectivity index is 2.47. The average molecular weight is 218 g/mol. The Bertz CT molecular complexity index is 665. The number of hydrogen-bond donors (Lipinski definition) is 1. The number of aromatic amines is 1. The third-order valence-electron chi connectivity index (χ3n) is 2.82. The lowest BCUT2D eigenvalue weighted by Gasteiger charge is -2.04. The molecule has 0 saturated heterocycles. The second-order valence-corrected chi connectivity index (χ2v) is 3.82. The second-order valence-electron chi connectivity index (χ2n) is 3.82. The Morgan fingerprint density at radius 3 is 2.94 bits per heavy atom. The minimum absolute atomic E-state index is 0.477. The van der Waals surface area contributed by atoms with E-state index in [1.165, 1.54) is 7.05 Å². The molecule has 0 radical (unpaired) electrons. The van der Waals surface area contributed by atoms with Crippen LogP contribution in [0.5, 0.6) is 0 Å². The fraction of sp³-hybridized carbons (Fsp3) is 0.182. The van der Waals surface area contributed by atoms with Crippen LogP contribution in [0, 0.1) is 6.92 Å². The third kappa shape index (κ3) is 1.05. The van der Waals surface area contributed by atoms with Crippen molar-refractivity contribution in [3.63, 3.8) is 0 Å². The standard InChI is InChI=1S/C11H11FN4/c1-7-11-8(5-6-13-7)9-3-4-10(15(2)12)16(9)14-11/h3-6,14H,1-2H3. The first-order valence-electron chi connectivity index (χ1n) is 5.03. The predicted octanol–water partition coefficient (Wildman–Crippen LogP) is 2.44. The van der Waals surface area contributed by atoms with Gasteiger partial charge in [-0.25, -0.2) is 4.52 Å². The number of nitrogens with zero attached hydrogens (tertiary/aromatic N) is 3. The van der Waals surface area contributed by atoms with Crippen LogP contribution >= 0.6 is 0 Å². The van der Waals surface area contributed by atoms with Crippen molar-refractivity contribution in [2.45, 2.75) is 6.92 Å². The molecule has 3 aromatic rings. The van der Waals surface area contributed by atoms with E-state index in [0.29, 0.717) is 10.9 Å². The average Bonchev–Trinajstić information content (AvgIpc) is 2.76. The molecule has 0 saturated carbocycles. The van der Waals surface area contributed by atoms with Crippen molar-refractivity contribution >= 4 is 22.2 Å². The van der Waals surface area contributed by atoms with Crippen molar-refractivity contribution in [2.24, 2.45) is 0 Å². The summed E-state index contributed by atoms with van der Waals surface area (Å²) in [5.74, 6) is 0.477. The van der Waals surface area contributed by atoms with E-state index in [2.05, 4.69) is 10.1 Å². The molecular weight excluding hydrogens is 207 g/mol. The summed E-state index contributed by atoms with van der Waals surface area (Å²) in [6, 6.07) is 5.56. The lowest BCUT2D eigenvalue weighted by atomic mass is 10.2. The maximum atomic E-state index is 13.2. The molecule has 3 rings (SSSR count). The zero-order valence-corrected chi connectivity index (χ0v) is 9.03. The van der Waals surface area contributed by atoms with E-state index >= 15 is 0 Å². The molecule has 0 atom stereocenters. The van der Waals surface area contributed by atoms with Gasteiger partial charge in [0.25, 0.3) is 0 Å². The lowest BCUT2D eigenvalue weighted by molar-refractivity contribution is 0.466. The molecule has 4 nitrogen and oxygen atoms in total. The van der Waals surface area contributed by atoms with Crippen molar-refractivity contribution in [3.05, 3.63) is 30.1 Å². The fourth-order valence-corrected chi connectivity index (χ4v) is 2.03. The predicted molar refractivity (Wildman–Crippen MR) is 61.3 cm³/mol. The summed E-state index contributed by atoms with van der Waals surface area (Å²) in [5.41, 5.74) is 2.81. The fourth-order valence-electron chi connectivity index (χ4n) is 2.03. The monoisotopic (exact) mass is 218 g/mol. The summed E-state index contributed by atoms with van der Waals surface area (Å²) < 4.78 is 14.9. The summed E-state index contributed by atoms with van der Waals surface area (Å²) in [4.78, 5) is 4.20. The quantitative estimate of drug-likeness (QED) is 0.637. The molecule has 1 N–H and O–H groups in total. The van der Waals surface area contributed by atoms with Gasteiger partial charge in [0, 0.05) is 18.6 Å². The number of fused-ring (bicyclic) bond motifs is 3. The van der Waals surface area contributed by atoms with E-state index < -0.39 is 0 Å². The molecule has 0 fully saturated rings. The van der Waals surface area contributed by atoms with Gasteiger partial charge < -0.3 is 0 Å². The Morgan fingerprint density at radius 1 is 1.38 bits per heavy atom. The van der Waals surface area contributed by atoms with Gasteiger partial charge in [0.2, 0.25) is 0 Å². The maximum absolute atomic E-state index is 13.2. The van der Waals surface area contributed by atoms with Gasteiger partial charge in [0.1, 0.15) is 0 Å². The number of anilines is 1. The molecule has 0 amide bonds. The molecule has 0 aliphatic rings. The minimum atomic E-state index is 0.477. The van der Waals surface area contributed by atoms with Crippen LogP contribution in [0.2, 0.25) is 0 Å². The van der Waals surface area contributed by atoms with Gasteiger partial charge in [-0.2, -0.15) is 5.12 Å². The number of nitrogens with one attached hydrogen (secondary N) is 1. The molecule has 0 aliphatic heterocycles. The van der Waals surface area contributed by atoms with Crippen molar-refractivity contribution in [1.29, 1.82) is 0 Å². The summed E-state index contributed by atoms with van der Waals surface area (Å²) in [6.45, 7) is 1.93. The number of rotatable bonds is 1. The van der Waals surface area contributed by atoms with Gasteiger partial charge in [0.05, 0.1) is 16.7 Å². The first-order valence-corrected chi connectivity index (χ1v) is 5.03. The Morgan fingerprint density at radius 2 is 2.19 bits per heavy atom. The highest BCUT2D eigenvalue weighted by atomic mass is 19.2. The van der Waals surface area contributed by atoms with Crippen LogP contribution in [0.15, 0.2) is 24.4 Å². The van der Waals surface area contributed by atoms with Crippen LogP contribution in [0.25, 0.3) is 16.4 Å². The van der Waals surface area contributed by atoms with E-state index in [-0.39, 0.29) is 0 Å². The Kier molecular flexibility index (Phi) is 1.71. The van der Waals surface area contributed by atoms with Gasteiger partial charge in [0.15, 0.2) is 5.82 Å². The number of pyridine rings is 1. The smallest absolute Gasteiger partial charge is 0.157 e. The SMILES string of the molecule is Cc1nccc2c1[nH]n1c(N(C)F)ccc21. The highest BCUT2D eigenvalue weighted by Crippen LogP contribution is 2.26. The summed E-state index contributed by atoms with van der Waals surface area (Å²) in [6.07, 6.45) is 1.76. The van der Waals surface area contributed by atoms with Gasteiger partial charge in [-0.05, 0) is 25.1 Å². The van der Waals surface area contributed by atoms with Gasteiger partial charge in [-0.1, -0.05) is 4.48 Å². The third-order valence-corrected chi connectivity index (χ3v) is 2.82. The number of hydrogen-bond acceptors (Lipinski definition) is 2. The first kappa shape index (κ1) is 9.21. The zero-order valence-electron chi connectivity index (χ0n) is 9.03. The summed E-state index contributed by atoms with van der Waals surface area (Å²) in [5, 5.41) is 4.79. The molecule has 0 bridgehead atoms. The zero-order chi connectivity index (χ0) is 11.3. The van der Waals surface area contributed by atoms with E-state index in [1.54, 1.807) is 16.8 Å². The van der Waals surface area contributed by atoms with Crippen LogP contribution in [-0.4, -0.2) is 21.6 Å². The Labute approximate surface area is 91.2 Å². The summed E-state index contributed by atoms with van der Waals surface area (Å²) >= 11 is 0. The topological polar surface area (TPSA) is 36.3 Å². The van der Waals surface area contributed by atoms with Crippen LogP contribution in [-0.2, 0) is 0 Å². The number of aromatic nitrogens is 3. The Hall–Kier alpha value is -2.04. The van der Waals surface area contributed by atoms with Crippen molar-refractivity contribution in [1.82, 2.24) is 14.6 Å². The highest BCUT2D eigenvalue weighted by molar-refractivity contribution is 5.96. The molecular formula is C11H11FN4. The van der Waals surface area contributed by atoms with Gasteiger partial charge in [-0.3, -0.25) is 10.1 Å². The van der Waals surface area contributed by atoms with Crippen LogP contribution < -0.4 is 5.12 Å². The lowest BCUT2D eigenvalue weighted by Crippen LogP contribution is -2.05. The van der Waals surface area contributed by atoms with Crippen molar-refractivity contribution in [2.75, 3.05) is 12.2 Å². The minimum Gasteiger partial charge on any atom is -0.290 e. The van der Waals surface area contributed by atoms with Gasteiger partial charge in [-0.15, -0.1) is 0 Å². The molecule has 3 heterocycles. The number of aryl methyl sites for hydroxylation is 1. The van der Waals surface area contributed by atoms with Crippen LogP contribution in [0.3, 0.4) is 0 Å². The molecule has 0 unspecified atom stereocenters. The van der Waals surface area contributed by atoms with E-state index in [4.69, 9.17) is 0 Å². The summed E-state index contributed by atoms with van der Waals surface area (Å²) in [7, 11) is 1.37. The van der Waals surface area contributed by atoms with Crippen molar-refractivity contribution in [3.8, 4) is 0 Å². The molecule has 82 valence electrons. The molecule has 5 heteroatoms. The molecule has 3 aromatic heterocycles. The highest BCUT2D eigenvalue weighted by Gasteiger charge is 2.12. The first-order chi connectivity index (χ1) is 7.68. The normalized spacial score (nSPS) is 11.4. The van der Waals surface area contributed by atoms with E-state index in [1.807, 2.05) is 19.1 Å². The van der Waals surface area contributed by atoms with Crippen molar-refractivity contribution < 1.29 is 4.48 Å². The van der Waals surface area contributed by atoms with Gasteiger partial charge >= 0.3 is 0 Å². The molecule has 0 aliphatic carbocycles. The van der Waals surface area contributed by atoms with Crippen LogP contribution in [0.1, 0.15) is 5.69 Å². The largest absolute Gasteiger partial charge is 0.290 e. The molecule has 16 heavy (non-hydrogen) atoms. The second kappa shape index (κ2) is 2.98. The van der Waals surface area contributed by atoms with E-state index in [0.717, 1.165) is 22.1 Å². The maximum Gasteiger partial charge on any atom is 0.157 e. The van der Waals surface area contributed by atoms with E-state index in [9.17, 15) is 4.48 Å².